The summed E-state index contributed by atoms with van der Waals surface area (Å²) in [6.07, 6.45) is 2.66. The number of hydrogen-bond acceptors (Lipinski definition) is 5. The Morgan fingerprint density at radius 2 is 1.56 bits per heavy atom. The molecular formula is C18H14F2O5. The van der Waals surface area contributed by atoms with Crippen molar-refractivity contribution in [2.45, 2.75) is 6.61 Å². The molecule has 0 aliphatic heterocycles. The molecule has 0 fully saturated rings. The van der Waals surface area contributed by atoms with Crippen LogP contribution in [0.4, 0.5) is 8.78 Å². The normalized spacial score (nSPS) is 10.7. The van der Waals surface area contributed by atoms with Gasteiger partial charge in [0.05, 0.1) is 12.7 Å². The van der Waals surface area contributed by atoms with Gasteiger partial charge in [-0.2, -0.15) is 8.78 Å². The Morgan fingerprint density at radius 1 is 0.960 bits per heavy atom. The molecule has 0 spiro atoms. The molecule has 2 aromatic carbocycles. The monoisotopic (exact) mass is 348 g/mol. The third-order valence-electron chi connectivity index (χ3n) is 3.01. The van der Waals surface area contributed by atoms with Crippen molar-refractivity contribution in [2.75, 3.05) is 7.11 Å². The van der Waals surface area contributed by atoms with Crippen LogP contribution >= 0.6 is 0 Å². The van der Waals surface area contributed by atoms with Gasteiger partial charge in [0.2, 0.25) is 0 Å². The molecule has 0 aliphatic rings. The Kier molecular flexibility index (Phi) is 6.22. The fourth-order valence-electron chi connectivity index (χ4n) is 1.85. The minimum absolute atomic E-state index is 0.0282. The maximum absolute atomic E-state index is 12.0. The number of benzene rings is 2. The lowest BCUT2D eigenvalue weighted by Gasteiger charge is -2.04. The number of carbonyl (C=O) groups is 2. The summed E-state index contributed by atoms with van der Waals surface area (Å²) in [5.41, 5.74) is 0.948. The van der Waals surface area contributed by atoms with Crippen molar-refractivity contribution in [3.8, 4) is 11.5 Å². The maximum atomic E-state index is 12.0. The van der Waals surface area contributed by atoms with Crippen LogP contribution in [0.5, 0.6) is 11.5 Å². The summed E-state index contributed by atoms with van der Waals surface area (Å²) in [5.74, 6) is -0.820. The molecule has 0 aliphatic carbocycles. The second-order valence-corrected chi connectivity index (χ2v) is 4.72. The summed E-state index contributed by atoms with van der Waals surface area (Å²) in [7, 11) is 1.27. The molecule has 0 amide bonds. The van der Waals surface area contributed by atoms with Crippen molar-refractivity contribution in [1.29, 1.82) is 0 Å². The molecule has 2 aromatic rings. The second-order valence-electron chi connectivity index (χ2n) is 4.72. The molecule has 0 bridgehead atoms. The summed E-state index contributed by atoms with van der Waals surface area (Å²) in [4.78, 5) is 23.0. The van der Waals surface area contributed by atoms with Crippen molar-refractivity contribution in [3.05, 3.63) is 65.7 Å². The zero-order valence-electron chi connectivity index (χ0n) is 13.1. The third kappa shape index (κ3) is 5.72. The Bertz CT molecular complexity index is 752. The summed E-state index contributed by atoms with van der Waals surface area (Å²) in [6, 6.07) is 11.6. The van der Waals surface area contributed by atoms with E-state index in [1.54, 1.807) is 0 Å². The molecule has 0 atom stereocenters. The van der Waals surface area contributed by atoms with Gasteiger partial charge in [0, 0.05) is 6.08 Å². The third-order valence-corrected chi connectivity index (χ3v) is 3.01. The van der Waals surface area contributed by atoms with Gasteiger partial charge in [-0.05, 0) is 48.0 Å². The molecular weight excluding hydrogens is 334 g/mol. The fourth-order valence-corrected chi connectivity index (χ4v) is 1.85. The van der Waals surface area contributed by atoms with Crippen LogP contribution in [0.25, 0.3) is 6.08 Å². The molecule has 0 N–H and O–H groups in total. The first-order valence-electron chi connectivity index (χ1n) is 7.11. The highest BCUT2D eigenvalue weighted by molar-refractivity contribution is 5.90. The highest BCUT2D eigenvalue weighted by Crippen LogP contribution is 2.16. The number of hydrogen-bond donors (Lipinski definition) is 0. The van der Waals surface area contributed by atoms with Crippen molar-refractivity contribution in [1.82, 2.24) is 0 Å². The lowest BCUT2D eigenvalue weighted by molar-refractivity contribution is -0.128. The summed E-state index contributed by atoms with van der Waals surface area (Å²) >= 11 is 0. The standard InChI is InChI=1S/C18H14F2O5/c1-23-17(22)13-5-9-14(10-6-13)24-16(21)11-4-12-2-7-15(8-3-12)25-18(19)20/h2-11,18H,1H3. The van der Waals surface area contributed by atoms with Crippen LogP contribution in [0.2, 0.25) is 0 Å². The number of rotatable bonds is 6. The maximum Gasteiger partial charge on any atom is 0.387 e. The first-order valence-corrected chi connectivity index (χ1v) is 7.11. The highest BCUT2D eigenvalue weighted by atomic mass is 19.3. The van der Waals surface area contributed by atoms with Gasteiger partial charge in [-0.3, -0.25) is 0 Å². The number of carbonyl (C=O) groups excluding carboxylic acids is 2. The number of esters is 2. The fraction of sp³-hybridized carbons (Fsp3) is 0.111. The second kappa shape index (κ2) is 8.58. The van der Waals surface area contributed by atoms with E-state index in [0.29, 0.717) is 11.1 Å². The zero-order valence-corrected chi connectivity index (χ0v) is 13.1. The van der Waals surface area contributed by atoms with Crippen LogP contribution in [-0.2, 0) is 9.53 Å². The summed E-state index contributed by atoms with van der Waals surface area (Å²) in [6.45, 7) is -2.89. The molecule has 130 valence electrons. The van der Waals surface area contributed by atoms with E-state index < -0.39 is 18.6 Å². The van der Waals surface area contributed by atoms with E-state index in [1.807, 2.05) is 0 Å². The molecule has 0 aromatic heterocycles. The minimum atomic E-state index is -2.89. The van der Waals surface area contributed by atoms with Crippen molar-refractivity contribution in [3.63, 3.8) is 0 Å². The number of alkyl halides is 2. The average molecular weight is 348 g/mol. The molecule has 0 heterocycles. The van der Waals surface area contributed by atoms with E-state index in [0.717, 1.165) is 0 Å². The first kappa shape index (κ1) is 18.1. The Balaban J connectivity index is 1.93. The molecule has 2 rings (SSSR count). The Hall–Kier alpha value is -3.22. The lowest BCUT2D eigenvalue weighted by atomic mass is 10.2. The lowest BCUT2D eigenvalue weighted by Crippen LogP contribution is -2.05. The zero-order chi connectivity index (χ0) is 18.2. The van der Waals surface area contributed by atoms with Crippen molar-refractivity contribution in [2.24, 2.45) is 0 Å². The number of ether oxygens (including phenoxy) is 3. The summed E-state index contributed by atoms with van der Waals surface area (Å²) < 4.78 is 38.0. The van der Waals surface area contributed by atoms with Gasteiger partial charge in [-0.1, -0.05) is 12.1 Å². The van der Waals surface area contributed by atoms with Crippen molar-refractivity contribution < 1.29 is 32.6 Å². The van der Waals surface area contributed by atoms with E-state index >= 15 is 0 Å². The van der Waals surface area contributed by atoms with Crippen LogP contribution in [-0.4, -0.2) is 25.7 Å². The molecule has 25 heavy (non-hydrogen) atoms. The Labute approximate surface area is 142 Å². The van der Waals surface area contributed by atoms with Crippen LogP contribution in [0, 0.1) is 0 Å². The quantitative estimate of drug-likeness (QED) is 0.453. The summed E-state index contributed by atoms with van der Waals surface area (Å²) in [5, 5.41) is 0. The number of methoxy groups -OCH3 is 1. The average Bonchev–Trinajstić information content (AvgIpc) is 2.60. The van der Waals surface area contributed by atoms with Gasteiger partial charge in [-0.25, -0.2) is 9.59 Å². The van der Waals surface area contributed by atoms with E-state index in [-0.39, 0.29) is 11.5 Å². The first-order chi connectivity index (χ1) is 12.0. The molecule has 5 nitrogen and oxygen atoms in total. The minimum Gasteiger partial charge on any atom is -0.465 e. The van der Waals surface area contributed by atoms with Crippen LogP contribution in [0.15, 0.2) is 54.6 Å². The van der Waals surface area contributed by atoms with Crippen molar-refractivity contribution >= 4 is 18.0 Å². The predicted octanol–water partition coefficient (Wildman–Crippen LogP) is 3.69. The van der Waals surface area contributed by atoms with E-state index in [2.05, 4.69) is 9.47 Å². The number of halogens is 2. The highest BCUT2D eigenvalue weighted by Gasteiger charge is 2.06. The molecule has 0 saturated carbocycles. The van der Waals surface area contributed by atoms with E-state index in [9.17, 15) is 18.4 Å². The van der Waals surface area contributed by atoms with Gasteiger partial charge < -0.3 is 14.2 Å². The van der Waals surface area contributed by atoms with Gasteiger partial charge in [0.25, 0.3) is 0 Å². The van der Waals surface area contributed by atoms with Gasteiger partial charge in [-0.15, -0.1) is 0 Å². The van der Waals surface area contributed by atoms with Crippen LogP contribution in [0.1, 0.15) is 15.9 Å². The van der Waals surface area contributed by atoms with Crippen LogP contribution < -0.4 is 9.47 Å². The molecule has 0 saturated heterocycles. The van der Waals surface area contributed by atoms with Gasteiger partial charge in [0.15, 0.2) is 0 Å². The molecule has 7 heteroatoms. The molecule has 0 unspecified atom stereocenters. The largest absolute Gasteiger partial charge is 0.465 e. The topological polar surface area (TPSA) is 61.8 Å². The Morgan fingerprint density at radius 3 is 2.12 bits per heavy atom. The van der Waals surface area contributed by atoms with Crippen LogP contribution in [0.3, 0.4) is 0 Å². The van der Waals surface area contributed by atoms with E-state index in [1.165, 1.54) is 67.8 Å². The smallest absolute Gasteiger partial charge is 0.387 e. The van der Waals surface area contributed by atoms with E-state index in [4.69, 9.17) is 4.74 Å². The van der Waals surface area contributed by atoms with Gasteiger partial charge in [0.1, 0.15) is 11.5 Å². The SMILES string of the molecule is COC(=O)c1ccc(OC(=O)C=Cc2ccc(OC(F)F)cc2)cc1. The molecule has 0 radical (unpaired) electrons. The predicted molar refractivity (Wildman–Crippen MR) is 85.5 cm³/mol. The van der Waals surface area contributed by atoms with Gasteiger partial charge >= 0.3 is 18.6 Å².